The molecule has 3 aromatic rings. The van der Waals surface area contributed by atoms with Crippen molar-refractivity contribution in [1.29, 1.82) is 5.26 Å². The van der Waals surface area contributed by atoms with Crippen LogP contribution in [0.4, 0.5) is 0 Å². The van der Waals surface area contributed by atoms with Crippen molar-refractivity contribution in [3.8, 4) is 23.7 Å². The van der Waals surface area contributed by atoms with E-state index in [0.717, 1.165) is 5.56 Å². The number of esters is 1. The van der Waals surface area contributed by atoms with Crippen LogP contribution in [0, 0.1) is 23.2 Å². The first-order valence-electron chi connectivity index (χ1n) is 9.35. The lowest BCUT2D eigenvalue weighted by atomic mass is 10.1. The molecule has 5 heteroatoms. The maximum Gasteiger partial charge on any atom is 0.340 e. The third-order valence-electron chi connectivity index (χ3n) is 4.06. The third kappa shape index (κ3) is 5.95. The molecule has 0 aliphatic carbocycles. The normalized spacial score (nSPS) is 10.3. The van der Waals surface area contributed by atoms with E-state index in [9.17, 15) is 4.79 Å². The maximum absolute atomic E-state index is 12.2. The lowest BCUT2D eigenvalue weighted by Crippen LogP contribution is -2.25. The van der Waals surface area contributed by atoms with Crippen LogP contribution in [0.25, 0.3) is 0 Å². The maximum atomic E-state index is 12.2. The van der Waals surface area contributed by atoms with E-state index in [1.807, 2.05) is 44.2 Å². The lowest BCUT2D eigenvalue weighted by Gasteiger charge is -2.20. The van der Waals surface area contributed by atoms with Gasteiger partial charge in [0.25, 0.3) is 0 Å². The SMILES string of the molecule is CC(C)(C#Cc1ccc(C(=O)OCc2ccccc2)cn1)Oc1ccc(C#N)cc1. The van der Waals surface area contributed by atoms with Crippen molar-refractivity contribution in [3.05, 3.63) is 95.3 Å². The summed E-state index contributed by atoms with van der Waals surface area (Å²) in [6.07, 6.45) is 1.45. The molecule has 1 aromatic heterocycles. The zero-order valence-corrected chi connectivity index (χ0v) is 16.8. The molecule has 0 radical (unpaired) electrons. The van der Waals surface area contributed by atoms with E-state index >= 15 is 0 Å². The minimum absolute atomic E-state index is 0.210. The van der Waals surface area contributed by atoms with Gasteiger partial charge in [0, 0.05) is 6.20 Å². The van der Waals surface area contributed by atoms with Gasteiger partial charge in [-0.15, -0.1) is 0 Å². The number of hydrogen-bond donors (Lipinski definition) is 0. The van der Waals surface area contributed by atoms with Crippen molar-refractivity contribution < 1.29 is 14.3 Å². The average molecular weight is 396 g/mol. The van der Waals surface area contributed by atoms with Gasteiger partial charge in [-0.25, -0.2) is 9.78 Å². The molecule has 5 nitrogen and oxygen atoms in total. The molecule has 1 heterocycles. The van der Waals surface area contributed by atoms with Crippen LogP contribution in [0.3, 0.4) is 0 Å². The van der Waals surface area contributed by atoms with Gasteiger partial charge in [0.1, 0.15) is 18.1 Å². The van der Waals surface area contributed by atoms with Crippen molar-refractivity contribution in [3.63, 3.8) is 0 Å². The summed E-state index contributed by atoms with van der Waals surface area (Å²) in [5, 5.41) is 8.86. The Bertz CT molecular complexity index is 1100. The van der Waals surface area contributed by atoms with Gasteiger partial charge in [-0.1, -0.05) is 30.3 Å². The Morgan fingerprint density at radius 1 is 1.03 bits per heavy atom. The van der Waals surface area contributed by atoms with Gasteiger partial charge in [-0.2, -0.15) is 5.26 Å². The summed E-state index contributed by atoms with van der Waals surface area (Å²) in [4.78, 5) is 16.4. The van der Waals surface area contributed by atoms with Gasteiger partial charge in [0.15, 0.2) is 5.60 Å². The fourth-order valence-corrected chi connectivity index (χ4v) is 2.53. The predicted octanol–water partition coefficient (Wildman–Crippen LogP) is 4.52. The van der Waals surface area contributed by atoms with Crippen molar-refractivity contribution in [2.24, 2.45) is 0 Å². The lowest BCUT2D eigenvalue weighted by molar-refractivity contribution is 0.0472. The Hall–Kier alpha value is -4.09. The summed E-state index contributed by atoms with van der Waals surface area (Å²) < 4.78 is 11.2. The molecule has 0 bridgehead atoms. The van der Waals surface area contributed by atoms with E-state index < -0.39 is 11.6 Å². The molecule has 30 heavy (non-hydrogen) atoms. The molecular weight excluding hydrogens is 376 g/mol. The minimum atomic E-state index is -0.761. The van der Waals surface area contributed by atoms with E-state index in [4.69, 9.17) is 14.7 Å². The van der Waals surface area contributed by atoms with Gasteiger partial charge < -0.3 is 9.47 Å². The molecule has 0 aliphatic heterocycles. The van der Waals surface area contributed by atoms with Crippen LogP contribution in [0.5, 0.6) is 5.75 Å². The van der Waals surface area contributed by atoms with E-state index in [-0.39, 0.29) is 6.61 Å². The number of nitrogens with zero attached hydrogens (tertiary/aromatic N) is 2. The molecule has 2 aromatic carbocycles. The van der Waals surface area contributed by atoms with Crippen molar-refractivity contribution in [1.82, 2.24) is 4.98 Å². The highest BCUT2D eigenvalue weighted by atomic mass is 16.5. The van der Waals surface area contributed by atoms with Gasteiger partial charge in [0.05, 0.1) is 17.2 Å². The number of carbonyl (C=O) groups excluding carboxylic acids is 1. The molecule has 0 spiro atoms. The number of aromatic nitrogens is 1. The van der Waals surface area contributed by atoms with Crippen LogP contribution >= 0.6 is 0 Å². The standard InChI is InChI=1S/C25H20N2O3/c1-25(2,30-23-12-8-19(16-26)9-13-23)15-14-22-11-10-21(17-27-22)24(28)29-18-20-6-4-3-5-7-20/h3-13,17H,18H2,1-2H3. The van der Waals surface area contributed by atoms with Crippen LogP contribution in [-0.2, 0) is 11.3 Å². The third-order valence-corrected chi connectivity index (χ3v) is 4.06. The highest BCUT2D eigenvalue weighted by molar-refractivity contribution is 5.89. The van der Waals surface area contributed by atoms with Crippen LogP contribution in [0.2, 0.25) is 0 Å². The van der Waals surface area contributed by atoms with E-state index in [2.05, 4.69) is 22.9 Å². The van der Waals surface area contributed by atoms with Crippen LogP contribution in [0.15, 0.2) is 72.9 Å². The minimum Gasteiger partial charge on any atom is -0.475 e. The predicted molar refractivity (Wildman–Crippen MR) is 113 cm³/mol. The summed E-state index contributed by atoms with van der Waals surface area (Å²) in [5.41, 5.74) is 1.61. The van der Waals surface area contributed by atoms with Crippen molar-refractivity contribution >= 4 is 5.97 Å². The molecule has 0 saturated carbocycles. The van der Waals surface area contributed by atoms with Crippen LogP contribution in [0.1, 0.15) is 41.0 Å². The molecule has 3 rings (SSSR count). The second-order valence-electron chi connectivity index (χ2n) is 6.99. The summed E-state index contributed by atoms with van der Waals surface area (Å²) in [6, 6.07) is 21.7. The summed E-state index contributed by atoms with van der Waals surface area (Å²) in [5.74, 6) is 6.18. The second kappa shape index (κ2) is 9.41. The van der Waals surface area contributed by atoms with Crippen molar-refractivity contribution in [2.45, 2.75) is 26.1 Å². The van der Waals surface area contributed by atoms with Crippen LogP contribution in [-0.4, -0.2) is 16.6 Å². The number of ether oxygens (including phenoxy) is 2. The first-order valence-corrected chi connectivity index (χ1v) is 9.35. The fraction of sp³-hybridized carbons (Fsp3) is 0.160. The number of nitriles is 1. The first kappa shape index (κ1) is 20.6. The molecule has 0 aliphatic rings. The van der Waals surface area contributed by atoms with E-state index in [1.165, 1.54) is 6.20 Å². The highest BCUT2D eigenvalue weighted by Gasteiger charge is 2.16. The van der Waals surface area contributed by atoms with E-state index in [1.54, 1.807) is 36.4 Å². The largest absolute Gasteiger partial charge is 0.475 e. The van der Waals surface area contributed by atoms with Crippen LogP contribution < -0.4 is 4.74 Å². The molecule has 0 unspecified atom stereocenters. The van der Waals surface area contributed by atoms with Gasteiger partial charge in [0.2, 0.25) is 0 Å². The Morgan fingerprint density at radius 2 is 1.77 bits per heavy atom. The molecule has 0 fully saturated rings. The smallest absolute Gasteiger partial charge is 0.340 e. The molecule has 0 amide bonds. The quantitative estimate of drug-likeness (QED) is 0.468. The molecular formula is C25H20N2O3. The number of benzene rings is 2. The highest BCUT2D eigenvalue weighted by Crippen LogP contribution is 2.18. The topological polar surface area (TPSA) is 72.2 Å². The number of hydrogen-bond acceptors (Lipinski definition) is 5. The Balaban J connectivity index is 1.60. The molecule has 0 atom stereocenters. The number of rotatable bonds is 5. The summed E-state index contributed by atoms with van der Waals surface area (Å²) >= 11 is 0. The van der Waals surface area contributed by atoms with E-state index in [0.29, 0.717) is 22.6 Å². The number of carbonyl (C=O) groups is 1. The van der Waals surface area contributed by atoms with Gasteiger partial charge in [-0.05, 0) is 67.6 Å². The number of pyridine rings is 1. The Labute approximate surface area is 175 Å². The fourth-order valence-electron chi connectivity index (χ4n) is 2.53. The van der Waals surface area contributed by atoms with Gasteiger partial charge >= 0.3 is 5.97 Å². The zero-order valence-electron chi connectivity index (χ0n) is 16.8. The Kier molecular flexibility index (Phi) is 6.47. The molecule has 0 N–H and O–H groups in total. The van der Waals surface area contributed by atoms with Crippen molar-refractivity contribution in [2.75, 3.05) is 0 Å². The monoisotopic (exact) mass is 396 g/mol. The Morgan fingerprint density at radius 3 is 2.40 bits per heavy atom. The van der Waals surface area contributed by atoms with Gasteiger partial charge in [-0.3, -0.25) is 0 Å². The average Bonchev–Trinajstić information content (AvgIpc) is 2.77. The zero-order chi connectivity index (χ0) is 21.4. The first-order chi connectivity index (χ1) is 14.4. The molecule has 148 valence electrons. The summed E-state index contributed by atoms with van der Waals surface area (Å²) in [6.45, 7) is 3.89. The molecule has 0 saturated heterocycles. The summed E-state index contributed by atoms with van der Waals surface area (Å²) in [7, 11) is 0. The second-order valence-corrected chi connectivity index (χ2v) is 6.99.